The van der Waals surface area contributed by atoms with Crippen molar-refractivity contribution in [1.82, 2.24) is 0 Å². The molecular formula is C8H16O2S. The number of esters is 1. The van der Waals surface area contributed by atoms with E-state index in [2.05, 4.69) is 6.92 Å². The summed E-state index contributed by atoms with van der Waals surface area (Å²) in [5, 5.41) is 0. The summed E-state index contributed by atoms with van der Waals surface area (Å²) in [6, 6.07) is 0. The van der Waals surface area contributed by atoms with Crippen molar-refractivity contribution in [3.63, 3.8) is 0 Å². The molecule has 0 atom stereocenters. The van der Waals surface area contributed by atoms with Crippen LogP contribution in [0.3, 0.4) is 0 Å². The van der Waals surface area contributed by atoms with Gasteiger partial charge in [0.05, 0.1) is 0 Å². The van der Waals surface area contributed by atoms with Gasteiger partial charge in [-0.2, -0.15) is 0 Å². The van der Waals surface area contributed by atoms with Gasteiger partial charge in [0.1, 0.15) is 5.94 Å². The SMILES string of the molecule is CCCCSCOC(=O)CC. The summed E-state index contributed by atoms with van der Waals surface area (Å²) in [6.07, 6.45) is 2.89. The molecule has 11 heavy (non-hydrogen) atoms. The van der Waals surface area contributed by atoms with Crippen molar-refractivity contribution in [1.29, 1.82) is 0 Å². The van der Waals surface area contributed by atoms with Crippen LogP contribution in [0.5, 0.6) is 0 Å². The number of ether oxygens (including phenoxy) is 1. The van der Waals surface area contributed by atoms with E-state index >= 15 is 0 Å². The molecule has 0 aliphatic heterocycles. The second kappa shape index (κ2) is 7.92. The van der Waals surface area contributed by atoms with Crippen molar-refractivity contribution in [3.8, 4) is 0 Å². The zero-order valence-electron chi connectivity index (χ0n) is 7.26. The summed E-state index contributed by atoms with van der Waals surface area (Å²) in [5.74, 6) is 1.51. The monoisotopic (exact) mass is 176 g/mol. The minimum atomic E-state index is -0.103. The molecule has 2 nitrogen and oxygen atoms in total. The third kappa shape index (κ3) is 7.72. The zero-order valence-corrected chi connectivity index (χ0v) is 8.08. The molecule has 0 aromatic heterocycles. The van der Waals surface area contributed by atoms with Crippen molar-refractivity contribution in [2.24, 2.45) is 0 Å². The van der Waals surface area contributed by atoms with E-state index in [0.717, 1.165) is 5.75 Å². The highest BCUT2D eigenvalue weighted by Gasteiger charge is 1.96. The zero-order chi connectivity index (χ0) is 8.53. The fourth-order valence-corrected chi connectivity index (χ4v) is 1.34. The van der Waals surface area contributed by atoms with Crippen LogP contribution in [0.15, 0.2) is 0 Å². The molecule has 66 valence electrons. The third-order valence-corrected chi connectivity index (χ3v) is 2.10. The minimum absolute atomic E-state index is 0.103. The molecule has 0 unspecified atom stereocenters. The van der Waals surface area contributed by atoms with Crippen molar-refractivity contribution >= 4 is 17.7 Å². The van der Waals surface area contributed by atoms with Gasteiger partial charge in [0.2, 0.25) is 0 Å². The van der Waals surface area contributed by atoms with Crippen LogP contribution < -0.4 is 0 Å². The number of rotatable bonds is 6. The van der Waals surface area contributed by atoms with Gasteiger partial charge in [0.15, 0.2) is 0 Å². The van der Waals surface area contributed by atoms with Crippen LogP contribution in [-0.2, 0) is 9.53 Å². The van der Waals surface area contributed by atoms with Gasteiger partial charge < -0.3 is 4.74 Å². The van der Waals surface area contributed by atoms with E-state index in [4.69, 9.17) is 4.74 Å². The maximum Gasteiger partial charge on any atom is 0.306 e. The first-order chi connectivity index (χ1) is 5.31. The Balaban J connectivity index is 2.95. The lowest BCUT2D eigenvalue weighted by molar-refractivity contribution is -0.140. The largest absolute Gasteiger partial charge is 0.455 e. The number of thioether (sulfide) groups is 1. The normalized spacial score (nSPS) is 9.64. The molecule has 0 aliphatic rings. The Kier molecular flexibility index (Phi) is 7.79. The molecule has 0 saturated heterocycles. The van der Waals surface area contributed by atoms with Gasteiger partial charge in [-0.05, 0) is 12.2 Å². The van der Waals surface area contributed by atoms with E-state index < -0.39 is 0 Å². The molecule has 0 saturated carbocycles. The second-order valence-corrected chi connectivity index (χ2v) is 3.30. The molecule has 0 rings (SSSR count). The third-order valence-electron chi connectivity index (χ3n) is 1.23. The van der Waals surface area contributed by atoms with Crippen LogP contribution in [0, 0.1) is 0 Å². The highest BCUT2D eigenvalue weighted by molar-refractivity contribution is 7.99. The predicted molar refractivity (Wildman–Crippen MR) is 48.6 cm³/mol. The average Bonchev–Trinajstić information content (AvgIpc) is 2.04. The predicted octanol–water partition coefficient (Wildman–Crippen LogP) is 2.43. The number of hydrogen-bond acceptors (Lipinski definition) is 3. The van der Waals surface area contributed by atoms with E-state index in [9.17, 15) is 4.79 Å². The first-order valence-electron chi connectivity index (χ1n) is 4.04. The summed E-state index contributed by atoms with van der Waals surface area (Å²) < 4.78 is 4.86. The van der Waals surface area contributed by atoms with Crippen LogP contribution in [0.2, 0.25) is 0 Å². The molecule has 0 radical (unpaired) electrons. The van der Waals surface area contributed by atoms with Crippen LogP contribution in [0.1, 0.15) is 33.1 Å². The van der Waals surface area contributed by atoms with Gasteiger partial charge in [-0.1, -0.05) is 20.3 Å². The molecule has 0 aromatic rings. The van der Waals surface area contributed by atoms with E-state index in [-0.39, 0.29) is 5.97 Å². The lowest BCUT2D eigenvalue weighted by Gasteiger charge is -2.01. The van der Waals surface area contributed by atoms with Gasteiger partial charge in [0, 0.05) is 6.42 Å². The van der Waals surface area contributed by atoms with Gasteiger partial charge >= 0.3 is 5.97 Å². The number of unbranched alkanes of at least 4 members (excludes halogenated alkanes) is 1. The molecule has 3 heteroatoms. The quantitative estimate of drug-likeness (QED) is 0.353. The highest BCUT2D eigenvalue weighted by atomic mass is 32.2. The summed E-state index contributed by atoms with van der Waals surface area (Å²) in [6.45, 7) is 3.96. The van der Waals surface area contributed by atoms with Crippen molar-refractivity contribution in [3.05, 3.63) is 0 Å². The highest BCUT2D eigenvalue weighted by Crippen LogP contribution is 2.04. The van der Waals surface area contributed by atoms with Crippen molar-refractivity contribution < 1.29 is 9.53 Å². The molecule has 0 N–H and O–H groups in total. The maximum absolute atomic E-state index is 10.6. The van der Waals surface area contributed by atoms with Gasteiger partial charge in [-0.15, -0.1) is 11.8 Å². The number of hydrogen-bond donors (Lipinski definition) is 0. The van der Waals surface area contributed by atoms with Gasteiger partial charge in [-0.25, -0.2) is 0 Å². The molecule has 0 bridgehead atoms. The average molecular weight is 176 g/mol. The van der Waals surface area contributed by atoms with E-state index in [1.54, 1.807) is 18.7 Å². The molecule has 0 amide bonds. The fraction of sp³-hybridized carbons (Fsp3) is 0.875. The van der Waals surface area contributed by atoms with Crippen LogP contribution in [-0.4, -0.2) is 17.7 Å². The molecule has 0 heterocycles. The molecule has 0 spiro atoms. The Bertz CT molecular complexity index is 104. The standard InChI is InChI=1S/C8H16O2S/c1-3-5-6-11-7-10-8(9)4-2/h3-7H2,1-2H3. The Hall–Kier alpha value is -0.180. The van der Waals surface area contributed by atoms with Gasteiger partial charge in [0.25, 0.3) is 0 Å². The minimum Gasteiger partial charge on any atom is -0.455 e. The van der Waals surface area contributed by atoms with E-state index in [0.29, 0.717) is 12.4 Å². The van der Waals surface area contributed by atoms with E-state index in [1.807, 2.05) is 0 Å². The smallest absolute Gasteiger partial charge is 0.306 e. The Morgan fingerprint density at radius 1 is 1.45 bits per heavy atom. The number of carbonyl (C=O) groups is 1. The summed E-state index contributed by atoms with van der Waals surface area (Å²) in [5.41, 5.74) is 0. The first kappa shape index (κ1) is 10.8. The molecule has 0 fully saturated rings. The van der Waals surface area contributed by atoms with Crippen LogP contribution in [0.25, 0.3) is 0 Å². The molecular weight excluding hydrogens is 160 g/mol. The Morgan fingerprint density at radius 3 is 2.73 bits per heavy atom. The Labute approximate surface area is 72.7 Å². The van der Waals surface area contributed by atoms with Gasteiger partial charge in [-0.3, -0.25) is 4.79 Å². The molecule has 0 aliphatic carbocycles. The first-order valence-corrected chi connectivity index (χ1v) is 5.20. The van der Waals surface area contributed by atoms with E-state index in [1.165, 1.54) is 12.8 Å². The van der Waals surface area contributed by atoms with Crippen molar-refractivity contribution in [2.75, 3.05) is 11.7 Å². The Morgan fingerprint density at radius 2 is 2.18 bits per heavy atom. The van der Waals surface area contributed by atoms with Crippen LogP contribution >= 0.6 is 11.8 Å². The summed E-state index contributed by atoms with van der Waals surface area (Å²) in [4.78, 5) is 10.6. The molecule has 0 aromatic carbocycles. The van der Waals surface area contributed by atoms with Crippen molar-refractivity contribution in [2.45, 2.75) is 33.1 Å². The lowest BCUT2D eigenvalue weighted by Crippen LogP contribution is -2.01. The second-order valence-electron chi connectivity index (χ2n) is 2.25. The summed E-state index contributed by atoms with van der Waals surface area (Å²) in [7, 11) is 0. The lowest BCUT2D eigenvalue weighted by atomic mass is 10.4. The topological polar surface area (TPSA) is 26.3 Å². The fourth-order valence-electron chi connectivity index (χ4n) is 0.515. The van der Waals surface area contributed by atoms with Crippen LogP contribution in [0.4, 0.5) is 0 Å². The summed E-state index contributed by atoms with van der Waals surface area (Å²) >= 11 is 1.68. The number of carbonyl (C=O) groups excluding carboxylic acids is 1. The maximum atomic E-state index is 10.6.